The van der Waals surface area contributed by atoms with Gasteiger partial charge >= 0.3 is 0 Å². The summed E-state index contributed by atoms with van der Waals surface area (Å²) in [7, 11) is 0. The molecule has 6 nitrogen and oxygen atoms in total. The van der Waals surface area contributed by atoms with E-state index in [1.54, 1.807) is 0 Å². The number of nitrogens with one attached hydrogen (secondary N) is 1. The third-order valence-corrected chi connectivity index (χ3v) is 5.64. The van der Waals surface area contributed by atoms with Crippen LogP contribution in [0, 0.1) is 13.8 Å². The number of hydrogen-bond donors (Lipinski definition) is 1. The summed E-state index contributed by atoms with van der Waals surface area (Å²) in [4.78, 5) is 17.0. The minimum atomic E-state index is -0.145. The number of rotatable bonds is 11. The van der Waals surface area contributed by atoms with Crippen molar-refractivity contribution in [1.29, 1.82) is 0 Å². The van der Waals surface area contributed by atoms with Crippen molar-refractivity contribution in [3.8, 4) is 11.5 Å². The van der Waals surface area contributed by atoms with E-state index in [4.69, 9.17) is 14.5 Å². The van der Waals surface area contributed by atoms with E-state index >= 15 is 0 Å². The maximum Gasteiger partial charge on any atom is 0.257 e. The molecule has 0 bridgehead atoms. The van der Waals surface area contributed by atoms with Gasteiger partial charge in [-0.1, -0.05) is 42.5 Å². The van der Waals surface area contributed by atoms with E-state index in [0.717, 1.165) is 41.1 Å². The molecule has 6 heteroatoms. The van der Waals surface area contributed by atoms with Gasteiger partial charge < -0.3 is 19.4 Å². The zero-order valence-electron chi connectivity index (χ0n) is 19.8. The number of carbonyl (C=O) groups is 1. The number of carbonyl (C=O) groups excluding carboxylic acids is 1. The van der Waals surface area contributed by atoms with Gasteiger partial charge in [0.15, 0.2) is 6.61 Å². The highest BCUT2D eigenvalue weighted by Crippen LogP contribution is 2.20. The van der Waals surface area contributed by atoms with Crippen molar-refractivity contribution < 1.29 is 14.3 Å². The fourth-order valence-electron chi connectivity index (χ4n) is 3.86. The van der Waals surface area contributed by atoms with E-state index in [0.29, 0.717) is 25.3 Å². The van der Waals surface area contributed by atoms with Crippen LogP contribution >= 0.6 is 0 Å². The number of nitrogens with zero attached hydrogens (tertiary/aromatic N) is 2. The molecule has 0 atom stereocenters. The van der Waals surface area contributed by atoms with Gasteiger partial charge in [0, 0.05) is 19.5 Å². The highest BCUT2D eigenvalue weighted by Gasteiger charge is 2.11. The molecule has 3 aromatic carbocycles. The van der Waals surface area contributed by atoms with Crippen molar-refractivity contribution in [2.24, 2.45) is 0 Å². The standard InChI is InChI=1S/C28H31N3O3/c1-21-13-14-22(2)26(19-21)33-18-8-17-31-25-12-7-6-11-24(25)30-27(31)15-16-29-28(32)20-34-23-9-4-3-5-10-23/h3-7,9-14,19H,8,15-18,20H2,1-2H3,(H,29,32). The quantitative estimate of drug-likeness (QED) is 0.327. The van der Waals surface area contributed by atoms with Crippen LogP contribution in [0.2, 0.25) is 0 Å². The van der Waals surface area contributed by atoms with E-state index in [-0.39, 0.29) is 12.5 Å². The van der Waals surface area contributed by atoms with Crippen molar-refractivity contribution in [3.05, 3.63) is 89.7 Å². The summed E-state index contributed by atoms with van der Waals surface area (Å²) < 4.78 is 13.8. The first-order valence-corrected chi connectivity index (χ1v) is 11.7. The lowest BCUT2D eigenvalue weighted by Crippen LogP contribution is -2.31. The smallest absolute Gasteiger partial charge is 0.257 e. The van der Waals surface area contributed by atoms with Crippen molar-refractivity contribution in [1.82, 2.24) is 14.9 Å². The van der Waals surface area contributed by atoms with Gasteiger partial charge in [-0.2, -0.15) is 0 Å². The van der Waals surface area contributed by atoms with E-state index in [1.165, 1.54) is 5.56 Å². The number of hydrogen-bond acceptors (Lipinski definition) is 4. The molecule has 0 saturated carbocycles. The van der Waals surface area contributed by atoms with Crippen LogP contribution in [0.15, 0.2) is 72.8 Å². The molecular formula is C28H31N3O3. The number of aryl methyl sites for hydroxylation is 3. The molecule has 0 saturated heterocycles. The van der Waals surface area contributed by atoms with Gasteiger partial charge in [-0.25, -0.2) is 4.98 Å². The second-order valence-corrected chi connectivity index (χ2v) is 8.34. The molecule has 1 aromatic heterocycles. The zero-order valence-corrected chi connectivity index (χ0v) is 19.8. The van der Waals surface area contributed by atoms with E-state index in [2.05, 4.69) is 48.0 Å². The molecule has 0 radical (unpaired) electrons. The highest BCUT2D eigenvalue weighted by molar-refractivity contribution is 5.77. The lowest BCUT2D eigenvalue weighted by atomic mass is 10.1. The number of ether oxygens (including phenoxy) is 2. The second kappa shape index (κ2) is 11.4. The number of para-hydroxylation sites is 3. The Bertz CT molecular complexity index is 1230. The Morgan fingerprint density at radius 2 is 1.76 bits per heavy atom. The van der Waals surface area contributed by atoms with Crippen LogP contribution in [0.25, 0.3) is 11.0 Å². The van der Waals surface area contributed by atoms with E-state index in [1.807, 2.05) is 48.5 Å². The van der Waals surface area contributed by atoms with Crippen molar-refractivity contribution in [3.63, 3.8) is 0 Å². The molecule has 0 aliphatic carbocycles. The minimum absolute atomic E-state index is 0.00382. The summed E-state index contributed by atoms with van der Waals surface area (Å²) in [6.07, 6.45) is 1.50. The van der Waals surface area contributed by atoms with Gasteiger partial charge in [-0.3, -0.25) is 4.79 Å². The van der Waals surface area contributed by atoms with Crippen LogP contribution in [-0.2, 0) is 17.8 Å². The largest absolute Gasteiger partial charge is 0.493 e. The Hall–Kier alpha value is -3.80. The summed E-state index contributed by atoms with van der Waals surface area (Å²) in [6.45, 7) is 6.06. The Balaban J connectivity index is 1.31. The lowest BCUT2D eigenvalue weighted by Gasteiger charge is -2.12. The van der Waals surface area contributed by atoms with E-state index < -0.39 is 0 Å². The second-order valence-electron chi connectivity index (χ2n) is 8.34. The maximum absolute atomic E-state index is 12.2. The van der Waals surface area contributed by atoms with Gasteiger partial charge in [0.25, 0.3) is 5.91 Å². The highest BCUT2D eigenvalue weighted by atomic mass is 16.5. The minimum Gasteiger partial charge on any atom is -0.493 e. The summed E-state index contributed by atoms with van der Waals surface area (Å²) in [5.74, 6) is 2.43. The molecule has 176 valence electrons. The first-order valence-electron chi connectivity index (χ1n) is 11.7. The van der Waals surface area contributed by atoms with Gasteiger partial charge in [0.05, 0.1) is 17.6 Å². The fourth-order valence-corrected chi connectivity index (χ4v) is 3.86. The first kappa shape index (κ1) is 23.4. The fraction of sp³-hybridized carbons (Fsp3) is 0.286. The molecule has 4 rings (SSSR count). The normalized spacial score (nSPS) is 10.9. The SMILES string of the molecule is Cc1ccc(C)c(OCCCn2c(CCNC(=O)COc3ccccc3)nc3ccccc32)c1. The number of fused-ring (bicyclic) bond motifs is 1. The van der Waals surface area contributed by atoms with Gasteiger partial charge in [-0.15, -0.1) is 0 Å². The third-order valence-electron chi connectivity index (χ3n) is 5.64. The van der Waals surface area contributed by atoms with Crippen molar-refractivity contribution in [2.45, 2.75) is 33.2 Å². The molecule has 0 fully saturated rings. The topological polar surface area (TPSA) is 65.4 Å². The van der Waals surface area contributed by atoms with Gasteiger partial charge in [0.1, 0.15) is 17.3 Å². The van der Waals surface area contributed by atoms with Crippen LogP contribution in [0.5, 0.6) is 11.5 Å². The molecule has 1 N–H and O–H groups in total. The molecule has 34 heavy (non-hydrogen) atoms. The predicted molar refractivity (Wildman–Crippen MR) is 134 cm³/mol. The number of benzene rings is 3. The Morgan fingerprint density at radius 3 is 2.62 bits per heavy atom. The summed E-state index contributed by atoms with van der Waals surface area (Å²) in [6, 6.07) is 23.7. The molecule has 4 aromatic rings. The van der Waals surface area contributed by atoms with Crippen LogP contribution in [0.1, 0.15) is 23.4 Å². The van der Waals surface area contributed by atoms with Gasteiger partial charge in [0.2, 0.25) is 0 Å². The average Bonchev–Trinajstić information content (AvgIpc) is 3.20. The summed E-state index contributed by atoms with van der Waals surface area (Å²) in [5, 5.41) is 2.93. The molecule has 0 spiro atoms. The maximum atomic E-state index is 12.2. The third kappa shape index (κ3) is 6.16. The van der Waals surface area contributed by atoms with Crippen LogP contribution in [0.4, 0.5) is 0 Å². The number of aromatic nitrogens is 2. The Morgan fingerprint density at radius 1 is 0.971 bits per heavy atom. The Labute approximate surface area is 200 Å². The van der Waals surface area contributed by atoms with E-state index in [9.17, 15) is 4.79 Å². The lowest BCUT2D eigenvalue weighted by molar-refractivity contribution is -0.123. The first-order chi connectivity index (χ1) is 16.6. The van der Waals surface area contributed by atoms with Crippen LogP contribution < -0.4 is 14.8 Å². The van der Waals surface area contributed by atoms with Crippen molar-refractivity contribution >= 4 is 16.9 Å². The predicted octanol–water partition coefficient (Wildman–Crippen LogP) is 4.86. The molecular weight excluding hydrogens is 426 g/mol. The molecule has 0 aliphatic heterocycles. The van der Waals surface area contributed by atoms with Crippen LogP contribution in [0.3, 0.4) is 0 Å². The molecule has 0 aliphatic rings. The molecule has 1 heterocycles. The van der Waals surface area contributed by atoms with Gasteiger partial charge in [-0.05, 0) is 61.7 Å². The summed E-state index contributed by atoms with van der Waals surface area (Å²) >= 11 is 0. The molecule has 0 unspecified atom stereocenters. The van der Waals surface area contributed by atoms with Crippen molar-refractivity contribution in [2.75, 3.05) is 19.8 Å². The monoisotopic (exact) mass is 457 g/mol. The average molecular weight is 458 g/mol. The number of imidazole rings is 1. The Kier molecular flexibility index (Phi) is 7.81. The summed E-state index contributed by atoms with van der Waals surface area (Å²) in [5.41, 5.74) is 4.40. The molecule has 1 amide bonds. The van der Waals surface area contributed by atoms with Crippen LogP contribution in [-0.4, -0.2) is 35.2 Å². The number of amides is 1. The zero-order chi connectivity index (χ0) is 23.8.